The number of nitrogens with zero attached hydrogens (tertiary/aromatic N) is 1. The van der Waals surface area contributed by atoms with Gasteiger partial charge in [0.15, 0.2) is 0 Å². The first-order chi connectivity index (χ1) is 28.3. The van der Waals surface area contributed by atoms with E-state index in [-0.39, 0.29) is 0 Å². The van der Waals surface area contributed by atoms with Crippen LogP contribution in [0.5, 0.6) is 0 Å². The van der Waals surface area contributed by atoms with E-state index in [9.17, 15) is 0 Å². The molecule has 0 aliphatic rings. The molecule has 0 aliphatic carbocycles. The van der Waals surface area contributed by atoms with E-state index < -0.39 is 0 Å². The first-order valence-electron chi connectivity index (χ1n) is 19.7. The van der Waals surface area contributed by atoms with E-state index in [0.717, 1.165) is 17.1 Å². The van der Waals surface area contributed by atoms with Gasteiger partial charge in [0.25, 0.3) is 0 Å². The molecule has 0 aliphatic heterocycles. The van der Waals surface area contributed by atoms with Crippen LogP contribution in [0, 0.1) is 0 Å². The summed E-state index contributed by atoms with van der Waals surface area (Å²) in [6.07, 6.45) is 0. The van der Waals surface area contributed by atoms with Crippen LogP contribution in [0.25, 0.3) is 87.2 Å². The number of hydrogen-bond donors (Lipinski definition) is 0. The van der Waals surface area contributed by atoms with Crippen LogP contribution < -0.4 is 4.90 Å². The van der Waals surface area contributed by atoms with Crippen LogP contribution in [0.3, 0.4) is 0 Å². The van der Waals surface area contributed by atoms with E-state index in [0.29, 0.717) is 0 Å². The Hall–Kier alpha value is -7.48. The van der Waals surface area contributed by atoms with E-state index in [2.05, 4.69) is 229 Å². The van der Waals surface area contributed by atoms with Gasteiger partial charge in [-0.1, -0.05) is 188 Å². The highest BCUT2D eigenvalue weighted by molar-refractivity contribution is 6.22. The van der Waals surface area contributed by atoms with Gasteiger partial charge >= 0.3 is 0 Å². The number of hydrogen-bond acceptors (Lipinski definition) is 1. The summed E-state index contributed by atoms with van der Waals surface area (Å²) < 4.78 is 0. The highest BCUT2D eigenvalue weighted by Crippen LogP contribution is 2.46. The number of fused-ring (bicyclic) bond motifs is 7. The van der Waals surface area contributed by atoms with E-state index >= 15 is 0 Å². The summed E-state index contributed by atoms with van der Waals surface area (Å²) in [5.41, 5.74) is 10.7. The first-order valence-corrected chi connectivity index (χ1v) is 19.7. The van der Waals surface area contributed by atoms with Gasteiger partial charge in [0.1, 0.15) is 0 Å². The Balaban J connectivity index is 1.14. The fourth-order valence-corrected chi connectivity index (χ4v) is 8.97. The Morgan fingerprint density at radius 1 is 0.228 bits per heavy atom. The highest BCUT2D eigenvalue weighted by Gasteiger charge is 2.20. The lowest BCUT2D eigenvalue weighted by Crippen LogP contribution is -2.10. The Morgan fingerprint density at radius 2 is 0.719 bits per heavy atom. The zero-order valence-corrected chi connectivity index (χ0v) is 31.3. The molecule has 1 nitrogen and oxygen atoms in total. The molecule has 0 fully saturated rings. The fraction of sp³-hybridized carbons (Fsp3) is 0. The second kappa shape index (κ2) is 13.7. The lowest BCUT2D eigenvalue weighted by atomic mass is 9.84. The standard InChI is InChI=1S/C56H37N/c1-3-17-40(18-4-1)55-52-27-12-11-26-50(52)51-33-31-43(37-53(51)56(55)41-19-5-2-6-20-41)42-22-13-23-45(35-42)57(54-28-14-21-38-15-8-10-25-49(38)54)46-32-34-48-44(36-46)30-29-39-16-7-9-24-47(39)48/h1-37H. The minimum atomic E-state index is 1.11. The quantitative estimate of drug-likeness (QED) is 0.154. The normalized spacial score (nSPS) is 11.5. The maximum absolute atomic E-state index is 2.43. The Bertz CT molecular complexity index is 3290. The Labute approximate surface area is 332 Å². The third-order valence-electron chi connectivity index (χ3n) is 11.6. The predicted octanol–water partition coefficient (Wildman–Crippen LogP) is 15.9. The molecule has 0 heterocycles. The highest BCUT2D eigenvalue weighted by atomic mass is 15.1. The van der Waals surface area contributed by atoms with Gasteiger partial charge in [-0.3, -0.25) is 0 Å². The Morgan fingerprint density at radius 3 is 1.49 bits per heavy atom. The lowest BCUT2D eigenvalue weighted by Gasteiger charge is -2.28. The smallest absolute Gasteiger partial charge is 0.0540 e. The monoisotopic (exact) mass is 723 g/mol. The summed E-state index contributed by atoms with van der Waals surface area (Å²) in [5.74, 6) is 0. The van der Waals surface area contributed by atoms with Crippen LogP contribution in [-0.2, 0) is 0 Å². The van der Waals surface area contributed by atoms with Crippen molar-refractivity contribution < 1.29 is 0 Å². The number of anilines is 3. The van der Waals surface area contributed by atoms with Gasteiger partial charge in [-0.2, -0.15) is 0 Å². The molecule has 57 heavy (non-hydrogen) atoms. The maximum atomic E-state index is 2.43. The summed E-state index contributed by atoms with van der Waals surface area (Å²) >= 11 is 0. The zero-order chi connectivity index (χ0) is 37.7. The van der Waals surface area contributed by atoms with Crippen molar-refractivity contribution in [2.24, 2.45) is 0 Å². The second-order valence-electron chi connectivity index (χ2n) is 14.9. The van der Waals surface area contributed by atoms with Crippen molar-refractivity contribution in [2.75, 3.05) is 4.90 Å². The fourth-order valence-electron chi connectivity index (χ4n) is 8.97. The van der Waals surface area contributed by atoms with Crippen molar-refractivity contribution in [1.29, 1.82) is 0 Å². The summed E-state index contributed by atoms with van der Waals surface area (Å²) in [5, 5.41) is 12.5. The molecule has 11 aromatic carbocycles. The predicted molar refractivity (Wildman–Crippen MR) is 245 cm³/mol. The Kier molecular flexibility index (Phi) is 7.89. The summed E-state index contributed by atoms with van der Waals surface area (Å²) in [4.78, 5) is 2.43. The van der Waals surface area contributed by atoms with Gasteiger partial charge in [-0.05, 0) is 118 Å². The molecule has 0 N–H and O–H groups in total. The first kappa shape index (κ1) is 32.9. The van der Waals surface area contributed by atoms with Crippen molar-refractivity contribution in [2.45, 2.75) is 0 Å². The van der Waals surface area contributed by atoms with Crippen LogP contribution in [0.2, 0.25) is 0 Å². The summed E-state index contributed by atoms with van der Waals surface area (Å²) in [7, 11) is 0. The molecular formula is C56H37N. The molecule has 0 amide bonds. The molecule has 0 radical (unpaired) electrons. The van der Waals surface area contributed by atoms with Crippen LogP contribution in [0.4, 0.5) is 17.1 Å². The molecule has 0 unspecified atom stereocenters. The van der Waals surface area contributed by atoms with Crippen LogP contribution in [-0.4, -0.2) is 0 Å². The van der Waals surface area contributed by atoms with Gasteiger partial charge in [0, 0.05) is 16.8 Å². The largest absolute Gasteiger partial charge is 0.310 e. The molecule has 266 valence electrons. The minimum absolute atomic E-state index is 1.11. The number of benzene rings is 11. The van der Waals surface area contributed by atoms with Gasteiger partial charge in [-0.25, -0.2) is 0 Å². The van der Waals surface area contributed by atoms with E-state index in [1.54, 1.807) is 0 Å². The lowest BCUT2D eigenvalue weighted by molar-refractivity contribution is 1.30. The van der Waals surface area contributed by atoms with E-state index in [1.807, 2.05) is 0 Å². The van der Waals surface area contributed by atoms with Crippen LogP contribution >= 0.6 is 0 Å². The number of rotatable bonds is 6. The van der Waals surface area contributed by atoms with Crippen LogP contribution in [0.15, 0.2) is 224 Å². The topological polar surface area (TPSA) is 3.24 Å². The van der Waals surface area contributed by atoms with Gasteiger partial charge in [0.2, 0.25) is 0 Å². The van der Waals surface area contributed by atoms with E-state index in [1.165, 1.54) is 87.2 Å². The van der Waals surface area contributed by atoms with Gasteiger partial charge in [0.05, 0.1) is 5.69 Å². The maximum Gasteiger partial charge on any atom is 0.0540 e. The molecule has 0 saturated heterocycles. The van der Waals surface area contributed by atoms with Gasteiger partial charge < -0.3 is 4.90 Å². The van der Waals surface area contributed by atoms with Crippen molar-refractivity contribution in [3.8, 4) is 33.4 Å². The molecule has 0 aromatic heterocycles. The average molecular weight is 724 g/mol. The SMILES string of the molecule is c1ccc(-c2c(-c3ccccc3)c3cc(-c4cccc(N(c5ccc6c(ccc7ccccc76)c5)c5cccc6ccccc56)c4)ccc3c3ccccc23)cc1. The molecule has 11 rings (SSSR count). The molecule has 1 heteroatoms. The van der Waals surface area contributed by atoms with E-state index in [4.69, 9.17) is 0 Å². The molecule has 0 saturated carbocycles. The van der Waals surface area contributed by atoms with Crippen molar-refractivity contribution in [3.05, 3.63) is 224 Å². The van der Waals surface area contributed by atoms with Crippen molar-refractivity contribution >= 4 is 70.9 Å². The molecule has 0 bridgehead atoms. The molecular weight excluding hydrogens is 687 g/mol. The summed E-state index contributed by atoms with van der Waals surface area (Å²) in [6, 6.07) is 82.1. The van der Waals surface area contributed by atoms with Crippen molar-refractivity contribution in [3.63, 3.8) is 0 Å². The third-order valence-corrected chi connectivity index (χ3v) is 11.6. The van der Waals surface area contributed by atoms with Gasteiger partial charge in [-0.15, -0.1) is 0 Å². The zero-order valence-electron chi connectivity index (χ0n) is 31.3. The second-order valence-corrected chi connectivity index (χ2v) is 14.9. The minimum Gasteiger partial charge on any atom is -0.310 e. The molecule has 0 spiro atoms. The molecule has 11 aromatic rings. The third kappa shape index (κ3) is 5.63. The van der Waals surface area contributed by atoms with Crippen molar-refractivity contribution in [1.82, 2.24) is 0 Å². The molecule has 0 atom stereocenters. The summed E-state index contributed by atoms with van der Waals surface area (Å²) in [6.45, 7) is 0. The van der Waals surface area contributed by atoms with Crippen LogP contribution in [0.1, 0.15) is 0 Å². The average Bonchev–Trinajstić information content (AvgIpc) is 3.29.